The number of halogens is 1. The van der Waals surface area contributed by atoms with Crippen molar-refractivity contribution in [1.29, 1.82) is 0 Å². The lowest BCUT2D eigenvalue weighted by Gasteiger charge is -2.21. The van der Waals surface area contributed by atoms with Crippen molar-refractivity contribution in [2.24, 2.45) is 0 Å². The summed E-state index contributed by atoms with van der Waals surface area (Å²) in [4.78, 5) is 6.69. The van der Waals surface area contributed by atoms with E-state index >= 15 is 0 Å². The number of nitrogens with zero attached hydrogens (tertiary/aromatic N) is 2. The number of aryl methyl sites for hydroxylation is 2. The second-order valence-electron chi connectivity index (χ2n) is 4.48. The molecule has 2 aromatic rings. The topological polar surface area (TPSA) is 16.1 Å². The first-order valence-corrected chi connectivity index (χ1v) is 7.29. The average Bonchev–Trinajstić information content (AvgIpc) is 2.74. The molecule has 1 aromatic heterocycles. The fraction of sp³-hybridized carbons (Fsp3) is 0.357. The second kappa shape index (κ2) is 5.72. The van der Waals surface area contributed by atoms with Crippen LogP contribution < -0.4 is 4.90 Å². The molecule has 0 radical (unpaired) electrons. The second-order valence-corrected chi connectivity index (χ2v) is 5.81. The first-order valence-electron chi connectivity index (χ1n) is 5.88. The molecular weight excluding hydrogens is 264 g/mol. The van der Waals surface area contributed by atoms with Gasteiger partial charge in [0.1, 0.15) is 0 Å². The molecule has 4 heteroatoms. The van der Waals surface area contributed by atoms with E-state index in [0.29, 0.717) is 5.88 Å². The van der Waals surface area contributed by atoms with Crippen LogP contribution in [0.3, 0.4) is 0 Å². The number of hydrogen-bond acceptors (Lipinski definition) is 3. The standard InChI is InChI=1S/C14H17ClN2S/c1-10-4-5-14(12(6-10)7-15)17(3)8-13-9-18-11(2)16-13/h4-6,9H,7-8H2,1-3H3. The van der Waals surface area contributed by atoms with E-state index in [4.69, 9.17) is 11.6 Å². The molecule has 0 saturated heterocycles. The highest BCUT2D eigenvalue weighted by molar-refractivity contribution is 7.09. The van der Waals surface area contributed by atoms with Crippen molar-refractivity contribution in [2.45, 2.75) is 26.3 Å². The van der Waals surface area contributed by atoms with E-state index in [1.54, 1.807) is 11.3 Å². The zero-order valence-electron chi connectivity index (χ0n) is 10.9. The Kier molecular flexibility index (Phi) is 4.25. The van der Waals surface area contributed by atoms with Gasteiger partial charge in [-0.15, -0.1) is 22.9 Å². The minimum absolute atomic E-state index is 0.539. The van der Waals surface area contributed by atoms with E-state index in [0.717, 1.165) is 17.2 Å². The monoisotopic (exact) mass is 280 g/mol. The number of thiazole rings is 1. The molecule has 0 aliphatic heterocycles. The Morgan fingerprint density at radius 3 is 2.72 bits per heavy atom. The number of hydrogen-bond donors (Lipinski definition) is 0. The van der Waals surface area contributed by atoms with Gasteiger partial charge < -0.3 is 4.90 Å². The van der Waals surface area contributed by atoms with Gasteiger partial charge in [-0.25, -0.2) is 4.98 Å². The Labute approximate surface area is 117 Å². The van der Waals surface area contributed by atoms with Gasteiger partial charge in [-0.3, -0.25) is 0 Å². The Morgan fingerprint density at radius 2 is 2.11 bits per heavy atom. The van der Waals surface area contributed by atoms with Crippen LogP contribution in [0.2, 0.25) is 0 Å². The highest BCUT2D eigenvalue weighted by Crippen LogP contribution is 2.24. The fourth-order valence-corrected chi connectivity index (χ4v) is 2.82. The van der Waals surface area contributed by atoms with Crippen LogP contribution in [0, 0.1) is 13.8 Å². The van der Waals surface area contributed by atoms with Gasteiger partial charge in [-0.1, -0.05) is 17.7 Å². The van der Waals surface area contributed by atoms with E-state index < -0.39 is 0 Å². The molecule has 0 unspecified atom stereocenters. The first kappa shape index (κ1) is 13.4. The molecule has 0 N–H and O–H groups in total. The Morgan fingerprint density at radius 1 is 1.33 bits per heavy atom. The van der Waals surface area contributed by atoms with Gasteiger partial charge in [-0.05, 0) is 25.5 Å². The molecule has 2 rings (SSSR count). The highest BCUT2D eigenvalue weighted by Gasteiger charge is 2.09. The molecule has 0 aliphatic rings. The molecule has 18 heavy (non-hydrogen) atoms. The quantitative estimate of drug-likeness (QED) is 0.783. The van der Waals surface area contributed by atoms with Crippen LogP contribution in [0.15, 0.2) is 23.6 Å². The molecule has 0 bridgehead atoms. The van der Waals surface area contributed by atoms with E-state index in [-0.39, 0.29) is 0 Å². The third kappa shape index (κ3) is 3.03. The van der Waals surface area contributed by atoms with E-state index in [1.165, 1.54) is 16.8 Å². The summed E-state index contributed by atoms with van der Waals surface area (Å²) < 4.78 is 0. The third-order valence-electron chi connectivity index (χ3n) is 2.86. The molecule has 96 valence electrons. The number of benzene rings is 1. The summed E-state index contributed by atoms with van der Waals surface area (Å²) in [5.74, 6) is 0.539. The number of rotatable bonds is 4. The summed E-state index contributed by atoms with van der Waals surface area (Å²) in [7, 11) is 2.08. The molecule has 2 nitrogen and oxygen atoms in total. The minimum Gasteiger partial charge on any atom is -0.368 e. The number of aromatic nitrogens is 1. The maximum atomic E-state index is 6.01. The van der Waals surface area contributed by atoms with Crippen molar-refractivity contribution in [2.75, 3.05) is 11.9 Å². The lowest BCUT2D eigenvalue weighted by atomic mass is 10.1. The van der Waals surface area contributed by atoms with Crippen LogP contribution in [-0.2, 0) is 12.4 Å². The lowest BCUT2D eigenvalue weighted by molar-refractivity contribution is 0.884. The van der Waals surface area contributed by atoms with Crippen LogP contribution in [0.4, 0.5) is 5.69 Å². The van der Waals surface area contributed by atoms with Crippen LogP contribution in [0.25, 0.3) is 0 Å². The summed E-state index contributed by atoms with van der Waals surface area (Å²) in [6.45, 7) is 4.94. The first-order chi connectivity index (χ1) is 8.60. The normalized spacial score (nSPS) is 10.7. The molecule has 1 aromatic carbocycles. The summed E-state index contributed by atoms with van der Waals surface area (Å²) in [5.41, 5.74) is 4.71. The van der Waals surface area contributed by atoms with E-state index in [9.17, 15) is 0 Å². The zero-order chi connectivity index (χ0) is 13.1. The van der Waals surface area contributed by atoms with Crippen molar-refractivity contribution in [3.63, 3.8) is 0 Å². The molecule has 0 aliphatic carbocycles. The minimum atomic E-state index is 0.539. The Hall–Kier alpha value is -1.06. The highest BCUT2D eigenvalue weighted by atomic mass is 35.5. The van der Waals surface area contributed by atoms with E-state index in [1.807, 2.05) is 6.92 Å². The van der Waals surface area contributed by atoms with Gasteiger partial charge in [0.05, 0.1) is 17.2 Å². The zero-order valence-corrected chi connectivity index (χ0v) is 12.5. The third-order valence-corrected chi connectivity index (χ3v) is 3.97. The van der Waals surface area contributed by atoms with Crippen molar-refractivity contribution in [3.8, 4) is 0 Å². The summed E-state index contributed by atoms with van der Waals surface area (Å²) >= 11 is 7.71. The average molecular weight is 281 g/mol. The Balaban J connectivity index is 2.20. The number of alkyl halides is 1. The summed E-state index contributed by atoms with van der Waals surface area (Å²) in [6.07, 6.45) is 0. The molecule has 0 saturated carbocycles. The van der Waals surface area contributed by atoms with E-state index in [2.05, 4.69) is 47.4 Å². The lowest BCUT2D eigenvalue weighted by Crippen LogP contribution is -2.18. The van der Waals surface area contributed by atoms with Crippen molar-refractivity contribution >= 4 is 28.6 Å². The predicted molar refractivity (Wildman–Crippen MR) is 79.7 cm³/mol. The number of anilines is 1. The van der Waals surface area contributed by atoms with Gasteiger partial charge in [0.2, 0.25) is 0 Å². The molecule has 1 heterocycles. The smallest absolute Gasteiger partial charge is 0.0898 e. The van der Waals surface area contributed by atoms with Crippen LogP contribution >= 0.6 is 22.9 Å². The summed E-state index contributed by atoms with van der Waals surface area (Å²) in [6, 6.07) is 6.39. The van der Waals surface area contributed by atoms with Crippen molar-refractivity contribution in [1.82, 2.24) is 4.98 Å². The SMILES string of the molecule is Cc1ccc(N(C)Cc2csc(C)n2)c(CCl)c1. The fourth-order valence-electron chi connectivity index (χ4n) is 2.00. The summed E-state index contributed by atoms with van der Waals surface area (Å²) in [5, 5.41) is 3.22. The van der Waals surface area contributed by atoms with Crippen molar-refractivity contribution in [3.05, 3.63) is 45.4 Å². The van der Waals surface area contributed by atoms with Crippen LogP contribution in [-0.4, -0.2) is 12.0 Å². The molecule has 0 fully saturated rings. The van der Waals surface area contributed by atoms with Gasteiger partial charge in [-0.2, -0.15) is 0 Å². The molecule has 0 atom stereocenters. The van der Waals surface area contributed by atoms with Gasteiger partial charge in [0.15, 0.2) is 0 Å². The molecular formula is C14H17ClN2S. The van der Waals surface area contributed by atoms with Gasteiger partial charge >= 0.3 is 0 Å². The molecule has 0 spiro atoms. The maximum absolute atomic E-state index is 6.01. The maximum Gasteiger partial charge on any atom is 0.0898 e. The van der Waals surface area contributed by atoms with Crippen LogP contribution in [0.5, 0.6) is 0 Å². The predicted octanol–water partition coefficient (Wildman–Crippen LogP) is 4.14. The van der Waals surface area contributed by atoms with Gasteiger partial charge in [0.25, 0.3) is 0 Å². The van der Waals surface area contributed by atoms with Crippen molar-refractivity contribution < 1.29 is 0 Å². The molecule has 0 amide bonds. The largest absolute Gasteiger partial charge is 0.368 e. The Bertz CT molecular complexity index is 536. The van der Waals surface area contributed by atoms with Crippen LogP contribution in [0.1, 0.15) is 21.8 Å². The van der Waals surface area contributed by atoms with Gasteiger partial charge in [0, 0.05) is 24.0 Å².